The maximum atomic E-state index is 6.55. The third kappa shape index (κ3) is 5.62. The van der Waals surface area contributed by atoms with Gasteiger partial charge in [0.1, 0.15) is 11.2 Å². The van der Waals surface area contributed by atoms with Gasteiger partial charge in [-0.15, -0.1) is 0 Å². The van der Waals surface area contributed by atoms with Gasteiger partial charge >= 0.3 is 0 Å². The molecule has 0 saturated carbocycles. The van der Waals surface area contributed by atoms with Crippen molar-refractivity contribution in [2.75, 3.05) is 0 Å². The van der Waals surface area contributed by atoms with Crippen LogP contribution in [0.25, 0.3) is 94.7 Å². The van der Waals surface area contributed by atoms with E-state index in [4.69, 9.17) is 19.4 Å². The fraction of sp³-hybridized carbons (Fsp3) is 0.0408. The Bertz CT molecular complexity index is 2870. The van der Waals surface area contributed by atoms with Crippen molar-refractivity contribution >= 4 is 38.3 Å². The lowest BCUT2D eigenvalue weighted by Crippen LogP contribution is -2.01. The number of furan rings is 1. The Morgan fingerprint density at radius 2 is 1.00 bits per heavy atom. The first-order chi connectivity index (χ1) is 26.3. The Morgan fingerprint density at radius 1 is 0.396 bits per heavy atom. The van der Waals surface area contributed by atoms with Crippen molar-refractivity contribution in [2.45, 2.75) is 12.8 Å². The van der Waals surface area contributed by atoms with Gasteiger partial charge in [0.25, 0.3) is 0 Å². The molecule has 9 aromatic rings. The molecule has 0 fully saturated rings. The summed E-state index contributed by atoms with van der Waals surface area (Å²) in [5, 5.41) is 4.30. The second-order valence-electron chi connectivity index (χ2n) is 13.5. The van der Waals surface area contributed by atoms with Crippen LogP contribution in [0, 0.1) is 0 Å². The molecule has 53 heavy (non-hydrogen) atoms. The van der Waals surface area contributed by atoms with E-state index in [9.17, 15) is 0 Å². The molecule has 0 N–H and O–H groups in total. The lowest BCUT2D eigenvalue weighted by molar-refractivity contribution is 0.669. The zero-order chi connectivity index (χ0) is 35.1. The van der Waals surface area contributed by atoms with E-state index in [1.807, 2.05) is 48.5 Å². The summed E-state index contributed by atoms with van der Waals surface area (Å²) in [7, 11) is 0. The maximum Gasteiger partial charge on any atom is 0.164 e. The summed E-state index contributed by atoms with van der Waals surface area (Å²) in [4.78, 5) is 15.5. The largest absolute Gasteiger partial charge is 0.456 e. The maximum absolute atomic E-state index is 6.55. The molecular weight excluding hydrogens is 647 g/mol. The van der Waals surface area contributed by atoms with E-state index < -0.39 is 0 Å². The number of hydrogen-bond acceptors (Lipinski definition) is 4. The minimum absolute atomic E-state index is 0.605. The summed E-state index contributed by atoms with van der Waals surface area (Å²) in [5.74, 6) is 1.87. The van der Waals surface area contributed by atoms with Gasteiger partial charge in [-0.1, -0.05) is 152 Å². The van der Waals surface area contributed by atoms with Gasteiger partial charge in [0.15, 0.2) is 17.5 Å². The van der Waals surface area contributed by atoms with Crippen molar-refractivity contribution in [1.29, 1.82) is 0 Å². The zero-order valence-electron chi connectivity index (χ0n) is 28.9. The number of hydrogen-bond donors (Lipinski definition) is 0. The third-order valence-corrected chi connectivity index (χ3v) is 10.2. The number of fused-ring (bicyclic) bond motifs is 4. The molecule has 2 aromatic heterocycles. The first-order valence-corrected chi connectivity index (χ1v) is 18.1. The van der Waals surface area contributed by atoms with Crippen LogP contribution in [0.1, 0.15) is 18.4 Å². The molecule has 0 radical (unpaired) electrons. The standard InChI is InChI=1S/C49H33N3O/c1-4-13-32(14-5-1)33-23-25-34(26-24-33)37-27-28-42-45(31-37)53-44-22-12-21-43(46(42)44)49-51-47(36-17-8-3-9-18-36)50-48(52-49)41-30-29-38(35-15-6-2-7-16-35)39-19-10-11-20-40(39)41/h1,3-6,8-31H,2,7H2. The van der Waals surface area contributed by atoms with Crippen molar-refractivity contribution in [3.05, 3.63) is 182 Å². The Balaban J connectivity index is 1.12. The average molecular weight is 680 g/mol. The van der Waals surface area contributed by atoms with Gasteiger partial charge in [-0.2, -0.15) is 0 Å². The number of rotatable bonds is 6. The van der Waals surface area contributed by atoms with Gasteiger partial charge in [0.2, 0.25) is 0 Å². The minimum Gasteiger partial charge on any atom is -0.456 e. The molecular formula is C49H33N3O. The second kappa shape index (κ2) is 13.0. The van der Waals surface area contributed by atoms with E-state index in [0.29, 0.717) is 17.5 Å². The predicted octanol–water partition coefficient (Wildman–Crippen LogP) is 13.0. The van der Waals surface area contributed by atoms with Crippen LogP contribution in [-0.4, -0.2) is 15.0 Å². The Morgan fingerprint density at radius 3 is 1.74 bits per heavy atom. The Hall–Kier alpha value is -6.91. The SMILES string of the molecule is C1=CC(c2ccc(-c3nc(-c4ccccc4)nc(-c4cccc5oc6cc(-c7ccc(-c8ccccc8)cc7)ccc6c45)n3)c3ccccc23)=CCC1. The minimum atomic E-state index is 0.605. The van der Waals surface area contributed by atoms with Crippen molar-refractivity contribution < 1.29 is 4.42 Å². The second-order valence-corrected chi connectivity index (χ2v) is 13.5. The zero-order valence-corrected chi connectivity index (χ0v) is 28.9. The highest BCUT2D eigenvalue weighted by Gasteiger charge is 2.20. The molecule has 0 aliphatic heterocycles. The monoisotopic (exact) mass is 679 g/mol. The van der Waals surface area contributed by atoms with E-state index in [1.165, 1.54) is 27.6 Å². The first kappa shape index (κ1) is 30.9. The number of aromatic nitrogens is 3. The fourth-order valence-corrected chi connectivity index (χ4v) is 7.57. The Labute approximate surface area is 307 Å². The normalized spacial score (nSPS) is 12.8. The lowest BCUT2D eigenvalue weighted by Gasteiger charge is -2.14. The molecule has 0 atom stereocenters. The molecule has 0 unspecified atom stereocenters. The highest BCUT2D eigenvalue weighted by Crippen LogP contribution is 2.40. The van der Waals surface area contributed by atoms with Gasteiger partial charge in [-0.05, 0) is 81.3 Å². The van der Waals surface area contributed by atoms with Crippen molar-refractivity contribution in [1.82, 2.24) is 15.0 Å². The van der Waals surface area contributed by atoms with Crippen LogP contribution in [0.15, 0.2) is 180 Å². The molecule has 4 nitrogen and oxygen atoms in total. The first-order valence-electron chi connectivity index (χ1n) is 18.1. The summed E-state index contributed by atoms with van der Waals surface area (Å²) in [6, 6.07) is 54.8. The molecule has 10 rings (SSSR count). The van der Waals surface area contributed by atoms with Gasteiger partial charge in [-0.25, -0.2) is 15.0 Å². The van der Waals surface area contributed by atoms with Crippen LogP contribution in [0.3, 0.4) is 0 Å². The molecule has 0 spiro atoms. The quantitative estimate of drug-likeness (QED) is 0.175. The molecule has 1 aliphatic rings. The van der Waals surface area contributed by atoms with E-state index in [2.05, 4.69) is 127 Å². The summed E-state index contributed by atoms with van der Waals surface area (Å²) >= 11 is 0. The molecule has 0 bridgehead atoms. The number of nitrogens with zero attached hydrogens (tertiary/aromatic N) is 3. The smallest absolute Gasteiger partial charge is 0.164 e. The molecule has 0 amide bonds. The van der Waals surface area contributed by atoms with Crippen LogP contribution in [0.4, 0.5) is 0 Å². The van der Waals surface area contributed by atoms with Crippen LogP contribution in [-0.2, 0) is 0 Å². The molecule has 250 valence electrons. The lowest BCUT2D eigenvalue weighted by atomic mass is 9.92. The molecule has 7 aromatic carbocycles. The van der Waals surface area contributed by atoms with Crippen LogP contribution >= 0.6 is 0 Å². The summed E-state index contributed by atoms with van der Waals surface area (Å²) in [6.07, 6.45) is 8.96. The van der Waals surface area contributed by atoms with Gasteiger partial charge < -0.3 is 4.42 Å². The predicted molar refractivity (Wildman–Crippen MR) is 218 cm³/mol. The number of benzene rings is 7. The summed E-state index contributed by atoms with van der Waals surface area (Å²) in [6.45, 7) is 0. The van der Waals surface area contributed by atoms with Crippen LogP contribution in [0.2, 0.25) is 0 Å². The molecule has 2 heterocycles. The summed E-state index contributed by atoms with van der Waals surface area (Å²) < 4.78 is 6.55. The highest BCUT2D eigenvalue weighted by atomic mass is 16.3. The molecule has 0 saturated heterocycles. The molecule has 1 aliphatic carbocycles. The average Bonchev–Trinajstić information content (AvgIpc) is 3.62. The van der Waals surface area contributed by atoms with E-state index >= 15 is 0 Å². The van der Waals surface area contributed by atoms with E-state index in [0.717, 1.165) is 68.0 Å². The van der Waals surface area contributed by atoms with Crippen LogP contribution in [0.5, 0.6) is 0 Å². The molecule has 4 heteroatoms. The highest BCUT2D eigenvalue weighted by molar-refractivity contribution is 6.12. The van der Waals surface area contributed by atoms with E-state index in [-0.39, 0.29) is 0 Å². The summed E-state index contributed by atoms with van der Waals surface area (Å²) in [5.41, 5.74) is 11.5. The topological polar surface area (TPSA) is 51.8 Å². The van der Waals surface area contributed by atoms with Gasteiger partial charge in [-0.3, -0.25) is 0 Å². The van der Waals surface area contributed by atoms with Crippen molar-refractivity contribution in [3.63, 3.8) is 0 Å². The van der Waals surface area contributed by atoms with Crippen molar-refractivity contribution in [3.8, 4) is 56.4 Å². The van der Waals surface area contributed by atoms with Gasteiger partial charge in [0, 0.05) is 27.5 Å². The van der Waals surface area contributed by atoms with Gasteiger partial charge in [0.05, 0.1) is 0 Å². The van der Waals surface area contributed by atoms with Crippen LogP contribution < -0.4 is 0 Å². The Kier molecular flexibility index (Phi) is 7.58. The van der Waals surface area contributed by atoms with Crippen molar-refractivity contribution in [2.24, 2.45) is 0 Å². The van der Waals surface area contributed by atoms with E-state index in [1.54, 1.807) is 0 Å². The fourth-order valence-electron chi connectivity index (χ4n) is 7.57. The third-order valence-electron chi connectivity index (χ3n) is 10.2. The number of allylic oxidation sites excluding steroid dienone is 4.